The molecule has 1 amide bonds. The molecule has 1 unspecified atom stereocenters. The van der Waals surface area contributed by atoms with E-state index in [1.807, 2.05) is 0 Å². The smallest absolute Gasteiger partial charge is 0.269 e. The molecule has 1 aliphatic heterocycles. The molecule has 1 atom stereocenters. The quantitative estimate of drug-likeness (QED) is 0.607. The Kier molecular flexibility index (Phi) is 2.85. The predicted molar refractivity (Wildman–Crippen MR) is 58.1 cm³/mol. The van der Waals surface area contributed by atoms with Crippen LogP contribution in [0.25, 0.3) is 0 Å². The molecule has 1 aromatic carbocycles. The van der Waals surface area contributed by atoms with Gasteiger partial charge in [-0.3, -0.25) is 14.9 Å². The van der Waals surface area contributed by atoms with Gasteiger partial charge in [0.1, 0.15) is 0 Å². The van der Waals surface area contributed by atoms with Crippen LogP contribution in [-0.2, 0) is 4.79 Å². The molecule has 16 heavy (non-hydrogen) atoms. The molecule has 0 aliphatic carbocycles. The lowest BCUT2D eigenvalue weighted by Gasteiger charge is -2.21. The molecule has 0 bridgehead atoms. The number of hydrogen-bond acceptors (Lipinski definition) is 3. The second-order valence-corrected chi connectivity index (χ2v) is 3.83. The highest BCUT2D eigenvalue weighted by Gasteiger charge is 2.23. The average Bonchev–Trinajstić information content (AvgIpc) is 2.30. The van der Waals surface area contributed by atoms with Gasteiger partial charge in [0, 0.05) is 18.7 Å². The number of rotatable bonds is 2. The minimum atomic E-state index is -0.440. The highest BCUT2D eigenvalue weighted by atomic mass is 16.6. The minimum absolute atomic E-state index is 0.0140. The fourth-order valence-electron chi connectivity index (χ4n) is 1.92. The zero-order valence-electron chi connectivity index (χ0n) is 8.68. The number of carbonyl (C=O) groups is 1. The lowest BCUT2D eigenvalue weighted by molar-refractivity contribution is -0.384. The highest BCUT2D eigenvalue weighted by molar-refractivity contribution is 5.84. The van der Waals surface area contributed by atoms with Crippen molar-refractivity contribution in [1.29, 1.82) is 0 Å². The number of benzene rings is 1. The Hall–Kier alpha value is -1.91. The third-order valence-corrected chi connectivity index (χ3v) is 2.79. The summed E-state index contributed by atoms with van der Waals surface area (Å²) in [5.74, 6) is -0.144. The molecule has 0 aromatic heterocycles. The summed E-state index contributed by atoms with van der Waals surface area (Å²) < 4.78 is 0. The molecule has 0 spiro atoms. The fourth-order valence-corrected chi connectivity index (χ4v) is 1.92. The van der Waals surface area contributed by atoms with Crippen LogP contribution in [0.2, 0.25) is 0 Å². The Morgan fingerprint density at radius 1 is 1.31 bits per heavy atom. The second-order valence-electron chi connectivity index (χ2n) is 3.83. The largest absolute Gasteiger partial charge is 0.356 e. The molecule has 84 valence electrons. The van der Waals surface area contributed by atoms with Gasteiger partial charge < -0.3 is 5.32 Å². The first-order valence-corrected chi connectivity index (χ1v) is 5.20. The van der Waals surface area contributed by atoms with Crippen LogP contribution >= 0.6 is 0 Å². The SMILES string of the molecule is O=C1NCCCC1c1ccc([N+](=O)[O-])cc1. The van der Waals surface area contributed by atoms with Gasteiger partial charge in [-0.25, -0.2) is 0 Å². The van der Waals surface area contributed by atoms with E-state index in [0.29, 0.717) is 0 Å². The molecule has 5 heteroatoms. The van der Waals surface area contributed by atoms with Gasteiger partial charge in [-0.15, -0.1) is 0 Å². The maximum absolute atomic E-state index is 11.6. The average molecular weight is 220 g/mol. The van der Waals surface area contributed by atoms with Crippen molar-refractivity contribution in [2.75, 3.05) is 6.54 Å². The third kappa shape index (κ3) is 2.03. The molecule has 5 nitrogen and oxygen atoms in total. The van der Waals surface area contributed by atoms with Crippen LogP contribution in [-0.4, -0.2) is 17.4 Å². The minimum Gasteiger partial charge on any atom is -0.356 e. The van der Waals surface area contributed by atoms with E-state index in [2.05, 4.69) is 5.32 Å². The molecule has 1 aliphatic rings. The van der Waals surface area contributed by atoms with Crippen LogP contribution in [0.4, 0.5) is 5.69 Å². The van der Waals surface area contributed by atoms with Crippen LogP contribution in [0.5, 0.6) is 0 Å². The standard InChI is InChI=1S/C11H12N2O3/c14-11-10(2-1-7-12-11)8-3-5-9(6-4-8)13(15)16/h3-6,10H,1-2,7H2,(H,12,14). The summed E-state index contributed by atoms with van der Waals surface area (Å²) in [5.41, 5.74) is 0.905. The van der Waals surface area contributed by atoms with E-state index in [4.69, 9.17) is 0 Å². The van der Waals surface area contributed by atoms with E-state index in [1.54, 1.807) is 12.1 Å². The number of carbonyl (C=O) groups excluding carboxylic acids is 1. The van der Waals surface area contributed by atoms with Crippen LogP contribution in [0.1, 0.15) is 24.3 Å². The first kappa shape index (κ1) is 10.6. The van der Waals surface area contributed by atoms with Gasteiger partial charge in [0.2, 0.25) is 5.91 Å². The molecule has 0 saturated carbocycles. The Morgan fingerprint density at radius 2 is 2.00 bits per heavy atom. The number of nitrogens with one attached hydrogen (secondary N) is 1. The number of amides is 1. The van der Waals surface area contributed by atoms with E-state index < -0.39 is 4.92 Å². The van der Waals surface area contributed by atoms with Crippen molar-refractivity contribution in [3.63, 3.8) is 0 Å². The molecular weight excluding hydrogens is 208 g/mol. The van der Waals surface area contributed by atoms with Crippen molar-refractivity contribution in [2.45, 2.75) is 18.8 Å². The van der Waals surface area contributed by atoms with E-state index in [1.165, 1.54) is 12.1 Å². The molecule has 1 fully saturated rings. The Bertz CT molecular complexity index is 414. The van der Waals surface area contributed by atoms with Gasteiger partial charge in [0.25, 0.3) is 5.69 Å². The zero-order valence-corrected chi connectivity index (χ0v) is 8.68. The number of nitro groups is 1. The van der Waals surface area contributed by atoms with Gasteiger partial charge in [0.05, 0.1) is 10.8 Å². The van der Waals surface area contributed by atoms with Crippen molar-refractivity contribution >= 4 is 11.6 Å². The third-order valence-electron chi connectivity index (χ3n) is 2.79. The van der Waals surface area contributed by atoms with Crippen molar-refractivity contribution in [3.05, 3.63) is 39.9 Å². The maximum atomic E-state index is 11.6. The lowest BCUT2D eigenvalue weighted by Crippen LogP contribution is -2.34. The zero-order chi connectivity index (χ0) is 11.5. The molecule has 1 N–H and O–H groups in total. The first-order chi connectivity index (χ1) is 7.68. The lowest BCUT2D eigenvalue weighted by atomic mass is 9.91. The maximum Gasteiger partial charge on any atom is 0.269 e. The van der Waals surface area contributed by atoms with Crippen molar-refractivity contribution < 1.29 is 9.72 Å². The molecule has 1 aromatic rings. The van der Waals surface area contributed by atoms with Crippen LogP contribution in [0.3, 0.4) is 0 Å². The second kappa shape index (κ2) is 4.30. The van der Waals surface area contributed by atoms with Crippen LogP contribution in [0.15, 0.2) is 24.3 Å². The van der Waals surface area contributed by atoms with Crippen LogP contribution < -0.4 is 5.32 Å². The van der Waals surface area contributed by atoms with Crippen molar-refractivity contribution in [3.8, 4) is 0 Å². The summed E-state index contributed by atoms with van der Waals surface area (Å²) in [6, 6.07) is 6.20. The molecule has 2 rings (SSSR count). The number of non-ortho nitro benzene ring substituents is 1. The van der Waals surface area contributed by atoms with Crippen molar-refractivity contribution in [2.24, 2.45) is 0 Å². The van der Waals surface area contributed by atoms with Gasteiger partial charge in [0.15, 0.2) is 0 Å². The summed E-state index contributed by atoms with van der Waals surface area (Å²) in [7, 11) is 0. The van der Waals surface area contributed by atoms with E-state index >= 15 is 0 Å². The summed E-state index contributed by atoms with van der Waals surface area (Å²) >= 11 is 0. The van der Waals surface area contributed by atoms with E-state index in [0.717, 1.165) is 24.9 Å². The van der Waals surface area contributed by atoms with Gasteiger partial charge in [-0.1, -0.05) is 12.1 Å². The number of hydrogen-bond donors (Lipinski definition) is 1. The van der Waals surface area contributed by atoms with Gasteiger partial charge in [-0.05, 0) is 18.4 Å². The predicted octanol–water partition coefficient (Wildman–Crippen LogP) is 1.59. The Morgan fingerprint density at radius 3 is 2.56 bits per heavy atom. The van der Waals surface area contributed by atoms with Gasteiger partial charge >= 0.3 is 0 Å². The van der Waals surface area contributed by atoms with Gasteiger partial charge in [-0.2, -0.15) is 0 Å². The molecule has 0 radical (unpaired) electrons. The molecule has 1 saturated heterocycles. The summed E-state index contributed by atoms with van der Waals surface area (Å²) in [4.78, 5) is 21.6. The monoisotopic (exact) mass is 220 g/mol. The normalized spacial score (nSPS) is 20.2. The Labute approximate surface area is 92.6 Å². The van der Waals surface area contributed by atoms with Crippen molar-refractivity contribution in [1.82, 2.24) is 5.32 Å². The number of nitrogens with zero attached hydrogens (tertiary/aromatic N) is 1. The van der Waals surface area contributed by atoms with Crippen LogP contribution in [0, 0.1) is 10.1 Å². The summed E-state index contributed by atoms with van der Waals surface area (Å²) in [6.45, 7) is 0.725. The summed E-state index contributed by atoms with van der Waals surface area (Å²) in [6.07, 6.45) is 1.76. The molecule has 1 heterocycles. The highest BCUT2D eigenvalue weighted by Crippen LogP contribution is 2.25. The number of piperidine rings is 1. The van der Waals surface area contributed by atoms with E-state index in [-0.39, 0.29) is 17.5 Å². The Balaban J connectivity index is 2.20. The summed E-state index contributed by atoms with van der Waals surface area (Å²) in [5, 5.41) is 13.3. The molecular formula is C11H12N2O3. The number of nitro benzene ring substituents is 1. The van der Waals surface area contributed by atoms with E-state index in [9.17, 15) is 14.9 Å². The topological polar surface area (TPSA) is 72.2 Å². The fraction of sp³-hybridized carbons (Fsp3) is 0.364. The first-order valence-electron chi connectivity index (χ1n) is 5.20.